The maximum absolute atomic E-state index is 11.7. The lowest BCUT2D eigenvalue weighted by molar-refractivity contribution is -0.142. The Labute approximate surface area is 144 Å². The zero-order chi connectivity index (χ0) is 18.4. The molecule has 3 N–H and O–H groups in total. The lowest BCUT2D eigenvalue weighted by atomic mass is 10.3. The number of hydrogen-bond donors (Lipinski definition) is 2. The Balaban J connectivity index is 1.82. The molecule has 9 heteroatoms. The first-order valence-electron chi connectivity index (χ1n) is 7.08. The van der Waals surface area contributed by atoms with Crippen molar-refractivity contribution in [2.45, 2.75) is 11.8 Å². The minimum absolute atomic E-state index is 0.0739. The quantitative estimate of drug-likeness (QED) is 0.589. The van der Waals surface area contributed by atoms with Gasteiger partial charge in [0.15, 0.2) is 6.61 Å². The van der Waals surface area contributed by atoms with Gasteiger partial charge in [-0.1, -0.05) is 0 Å². The molecule has 0 aliphatic carbocycles. The number of nitrogens with two attached hydrogens (primary N) is 1. The minimum Gasteiger partial charge on any atom is -0.462 e. The summed E-state index contributed by atoms with van der Waals surface area (Å²) in [6.45, 7) is 1.28. The van der Waals surface area contributed by atoms with Crippen molar-refractivity contribution in [1.29, 1.82) is 0 Å². The van der Waals surface area contributed by atoms with E-state index >= 15 is 0 Å². The molecule has 2 rings (SSSR count). The monoisotopic (exact) mass is 364 g/mol. The molecule has 0 saturated heterocycles. The van der Waals surface area contributed by atoms with E-state index in [0.717, 1.165) is 6.08 Å². The molecule has 0 radical (unpaired) electrons. The van der Waals surface area contributed by atoms with Gasteiger partial charge in [-0.2, -0.15) is 0 Å². The summed E-state index contributed by atoms with van der Waals surface area (Å²) in [4.78, 5) is 23.2. The van der Waals surface area contributed by atoms with Gasteiger partial charge in [-0.25, -0.2) is 18.4 Å². The molecule has 0 bridgehead atoms. The summed E-state index contributed by atoms with van der Waals surface area (Å²) in [5.74, 6) is -0.0672. The van der Waals surface area contributed by atoms with Crippen LogP contribution >= 0.6 is 0 Å². The van der Waals surface area contributed by atoms with Crippen molar-refractivity contribution in [3.8, 4) is 0 Å². The number of carbonyl (C=O) groups excluding carboxylic acids is 2. The molecule has 0 fully saturated rings. The first-order chi connectivity index (χ1) is 11.7. The molecule has 8 nitrogen and oxygen atoms in total. The SMILES string of the molecule is Cc1ccc(/C=C/C(=O)OCC(=O)Nc2ccc(S(N)(=O)=O)cc2)o1. The van der Waals surface area contributed by atoms with Gasteiger partial charge in [-0.15, -0.1) is 0 Å². The molecular formula is C16H16N2O6S. The van der Waals surface area contributed by atoms with Crippen molar-refractivity contribution in [3.05, 3.63) is 54.0 Å². The van der Waals surface area contributed by atoms with Crippen LogP contribution in [0.25, 0.3) is 6.08 Å². The number of carbonyl (C=O) groups is 2. The third-order valence-corrected chi connectivity index (χ3v) is 3.89. The average Bonchev–Trinajstić information content (AvgIpc) is 2.96. The van der Waals surface area contributed by atoms with Gasteiger partial charge in [0.1, 0.15) is 11.5 Å². The molecule has 0 aliphatic rings. The number of esters is 1. The maximum atomic E-state index is 11.7. The Morgan fingerprint density at radius 1 is 1.20 bits per heavy atom. The predicted octanol–water partition coefficient (Wildman–Crippen LogP) is 1.43. The summed E-state index contributed by atoms with van der Waals surface area (Å²) in [5, 5.41) is 7.43. The van der Waals surface area contributed by atoms with Crippen molar-refractivity contribution in [1.82, 2.24) is 0 Å². The number of amides is 1. The zero-order valence-corrected chi connectivity index (χ0v) is 14.1. The smallest absolute Gasteiger partial charge is 0.331 e. The van der Waals surface area contributed by atoms with E-state index in [2.05, 4.69) is 5.32 Å². The minimum atomic E-state index is -3.79. The Morgan fingerprint density at radius 2 is 1.88 bits per heavy atom. The van der Waals surface area contributed by atoms with Crippen LogP contribution in [-0.4, -0.2) is 26.9 Å². The highest BCUT2D eigenvalue weighted by molar-refractivity contribution is 7.89. The van der Waals surface area contributed by atoms with Crippen LogP contribution in [0.1, 0.15) is 11.5 Å². The van der Waals surface area contributed by atoms with Crippen molar-refractivity contribution >= 4 is 33.7 Å². The second-order valence-corrected chi connectivity index (χ2v) is 6.57. The Bertz CT molecular complexity index is 897. The van der Waals surface area contributed by atoms with Crippen LogP contribution < -0.4 is 10.5 Å². The number of primary sulfonamides is 1. The normalized spacial score (nSPS) is 11.4. The third-order valence-electron chi connectivity index (χ3n) is 2.96. The molecule has 2 aromatic rings. The van der Waals surface area contributed by atoms with Crippen LogP contribution in [0.3, 0.4) is 0 Å². The van der Waals surface area contributed by atoms with Crippen LogP contribution in [-0.2, 0) is 24.3 Å². The highest BCUT2D eigenvalue weighted by atomic mass is 32.2. The van der Waals surface area contributed by atoms with Crippen molar-refractivity contribution in [3.63, 3.8) is 0 Å². The van der Waals surface area contributed by atoms with Crippen molar-refractivity contribution < 1.29 is 27.2 Å². The fourth-order valence-corrected chi connectivity index (χ4v) is 2.32. The molecule has 0 aliphatic heterocycles. The van der Waals surface area contributed by atoms with Crippen LogP contribution in [0, 0.1) is 6.92 Å². The number of aryl methyl sites for hydroxylation is 1. The number of rotatable bonds is 6. The number of anilines is 1. The van der Waals surface area contributed by atoms with E-state index in [9.17, 15) is 18.0 Å². The molecule has 1 aromatic heterocycles. The van der Waals surface area contributed by atoms with E-state index in [0.29, 0.717) is 17.2 Å². The van der Waals surface area contributed by atoms with Crippen LogP contribution in [0.5, 0.6) is 0 Å². The summed E-state index contributed by atoms with van der Waals surface area (Å²) in [5.41, 5.74) is 0.343. The summed E-state index contributed by atoms with van der Waals surface area (Å²) < 4.78 is 32.3. The molecule has 0 saturated carbocycles. The highest BCUT2D eigenvalue weighted by Crippen LogP contribution is 2.12. The molecule has 132 valence electrons. The van der Waals surface area contributed by atoms with Gasteiger partial charge < -0.3 is 14.5 Å². The van der Waals surface area contributed by atoms with E-state index < -0.39 is 28.5 Å². The second-order valence-electron chi connectivity index (χ2n) is 5.01. The fraction of sp³-hybridized carbons (Fsp3) is 0.125. The van der Waals surface area contributed by atoms with Gasteiger partial charge in [0, 0.05) is 11.8 Å². The van der Waals surface area contributed by atoms with E-state index in [1.807, 2.05) is 0 Å². The van der Waals surface area contributed by atoms with Crippen molar-refractivity contribution in [2.24, 2.45) is 5.14 Å². The number of hydrogen-bond acceptors (Lipinski definition) is 6. The molecule has 0 unspecified atom stereocenters. The summed E-state index contributed by atoms with van der Waals surface area (Å²) in [6, 6.07) is 8.70. The molecule has 1 amide bonds. The molecule has 1 heterocycles. The first kappa shape index (κ1) is 18.4. The number of ether oxygens (including phenoxy) is 1. The standard InChI is InChI=1S/C16H16N2O6S/c1-11-2-5-13(24-11)6-9-16(20)23-10-15(19)18-12-3-7-14(8-4-12)25(17,21)22/h2-9H,10H2,1H3,(H,18,19)(H2,17,21,22)/b9-6+. The summed E-state index contributed by atoms with van der Waals surface area (Å²) in [6.07, 6.45) is 2.58. The van der Waals surface area contributed by atoms with Gasteiger partial charge >= 0.3 is 5.97 Å². The van der Waals surface area contributed by atoms with Gasteiger partial charge in [-0.05, 0) is 49.4 Å². The lowest BCUT2D eigenvalue weighted by Gasteiger charge is -2.06. The number of furan rings is 1. The molecule has 0 atom stereocenters. The van der Waals surface area contributed by atoms with Gasteiger partial charge in [0.25, 0.3) is 5.91 Å². The molecule has 25 heavy (non-hydrogen) atoms. The Hall–Kier alpha value is -2.91. The summed E-state index contributed by atoms with van der Waals surface area (Å²) >= 11 is 0. The molecule has 1 aromatic carbocycles. The largest absolute Gasteiger partial charge is 0.462 e. The van der Waals surface area contributed by atoms with E-state index in [4.69, 9.17) is 14.3 Å². The molecular weight excluding hydrogens is 348 g/mol. The third kappa shape index (κ3) is 5.90. The number of sulfonamides is 1. The van der Waals surface area contributed by atoms with E-state index in [1.54, 1.807) is 19.1 Å². The predicted molar refractivity (Wildman–Crippen MR) is 89.9 cm³/mol. The topological polar surface area (TPSA) is 129 Å². The van der Waals surface area contributed by atoms with Crippen LogP contribution in [0.4, 0.5) is 5.69 Å². The highest BCUT2D eigenvalue weighted by Gasteiger charge is 2.09. The van der Waals surface area contributed by atoms with Crippen molar-refractivity contribution in [2.75, 3.05) is 11.9 Å². The maximum Gasteiger partial charge on any atom is 0.331 e. The number of benzene rings is 1. The van der Waals surface area contributed by atoms with Gasteiger partial charge in [0.05, 0.1) is 4.90 Å². The summed E-state index contributed by atoms with van der Waals surface area (Å²) in [7, 11) is -3.79. The van der Waals surface area contributed by atoms with Crippen LogP contribution in [0.15, 0.2) is 51.8 Å². The Kier molecular flexibility index (Phi) is 5.73. The lowest BCUT2D eigenvalue weighted by Crippen LogP contribution is -2.20. The van der Waals surface area contributed by atoms with E-state index in [-0.39, 0.29) is 4.90 Å². The van der Waals surface area contributed by atoms with Gasteiger partial charge in [-0.3, -0.25) is 4.79 Å². The number of nitrogens with one attached hydrogen (secondary N) is 1. The second kappa shape index (κ2) is 7.77. The van der Waals surface area contributed by atoms with Gasteiger partial charge in [0.2, 0.25) is 10.0 Å². The Morgan fingerprint density at radius 3 is 2.44 bits per heavy atom. The first-order valence-corrected chi connectivity index (χ1v) is 8.63. The van der Waals surface area contributed by atoms with Crippen LogP contribution in [0.2, 0.25) is 0 Å². The molecule has 0 spiro atoms. The average molecular weight is 364 g/mol. The fourth-order valence-electron chi connectivity index (χ4n) is 1.80. The van der Waals surface area contributed by atoms with E-state index in [1.165, 1.54) is 30.3 Å². The zero-order valence-electron chi connectivity index (χ0n) is 13.3.